The third-order valence-corrected chi connectivity index (χ3v) is 4.44. The lowest BCUT2D eigenvalue weighted by molar-refractivity contribution is -0.385. The summed E-state index contributed by atoms with van der Waals surface area (Å²) >= 11 is 0. The lowest BCUT2D eigenvalue weighted by atomic mass is 10.1. The highest BCUT2D eigenvalue weighted by Gasteiger charge is 2.24. The number of likely N-dealkylation sites (N-methyl/N-ethyl adjacent to an activating group) is 1. The molecule has 29 heavy (non-hydrogen) atoms. The SMILES string of the molecule is CCOc1cc(C(=O)NCCN(CC)c2cccc(C)c2)c([N+](=O)[O-])cc1OC. The molecule has 0 aromatic heterocycles. The van der Waals surface area contributed by atoms with E-state index in [1.807, 2.05) is 32.0 Å². The molecule has 0 heterocycles. The van der Waals surface area contributed by atoms with Gasteiger partial charge in [-0.25, -0.2) is 0 Å². The van der Waals surface area contributed by atoms with Gasteiger partial charge in [0.2, 0.25) is 0 Å². The molecule has 0 aliphatic carbocycles. The second-order valence-corrected chi connectivity index (χ2v) is 6.38. The first-order valence-electron chi connectivity index (χ1n) is 9.50. The Hall–Kier alpha value is -3.29. The van der Waals surface area contributed by atoms with Crippen molar-refractivity contribution in [2.45, 2.75) is 20.8 Å². The molecule has 0 atom stereocenters. The Morgan fingerprint density at radius 1 is 1.21 bits per heavy atom. The monoisotopic (exact) mass is 401 g/mol. The average molecular weight is 401 g/mol. The largest absolute Gasteiger partial charge is 0.493 e. The zero-order chi connectivity index (χ0) is 21.4. The molecule has 0 unspecified atom stereocenters. The van der Waals surface area contributed by atoms with E-state index >= 15 is 0 Å². The Morgan fingerprint density at radius 3 is 2.55 bits per heavy atom. The number of carbonyl (C=O) groups is 1. The number of benzene rings is 2. The van der Waals surface area contributed by atoms with Crippen LogP contribution in [0.25, 0.3) is 0 Å². The number of nitro groups is 1. The second-order valence-electron chi connectivity index (χ2n) is 6.38. The molecule has 8 nitrogen and oxygen atoms in total. The predicted molar refractivity (Wildman–Crippen MR) is 112 cm³/mol. The third kappa shape index (κ3) is 5.60. The molecule has 0 saturated heterocycles. The van der Waals surface area contributed by atoms with Gasteiger partial charge in [-0.3, -0.25) is 14.9 Å². The Kier molecular flexibility index (Phi) is 7.82. The number of nitro benzene ring substituents is 1. The summed E-state index contributed by atoms with van der Waals surface area (Å²) < 4.78 is 10.6. The molecular formula is C21H27N3O5. The molecule has 0 saturated carbocycles. The van der Waals surface area contributed by atoms with Gasteiger partial charge in [-0.15, -0.1) is 0 Å². The van der Waals surface area contributed by atoms with Gasteiger partial charge in [-0.2, -0.15) is 0 Å². The van der Waals surface area contributed by atoms with Crippen molar-refractivity contribution < 1.29 is 19.2 Å². The first-order valence-corrected chi connectivity index (χ1v) is 9.50. The fraction of sp³-hybridized carbons (Fsp3) is 0.381. The van der Waals surface area contributed by atoms with Crippen molar-refractivity contribution in [3.63, 3.8) is 0 Å². The molecule has 0 spiro atoms. The molecule has 1 amide bonds. The van der Waals surface area contributed by atoms with E-state index in [1.165, 1.54) is 19.2 Å². The molecule has 1 N–H and O–H groups in total. The number of methoxy groups -OCH3 is 1. The number of hydrogen-bond donors (Lipinski definition) is 1. The summed E-state index contributed by atoms with van der Waals surface area (Å²) in [5.41, 5.74) is 1.84. The molecular weight excluding hydrogens is 374 g/mol. The number of amides is 1. The first-order chi connectivity index (χ1) is 13.9. The Labute approximate surface area is 170 Å². The molecule has 2 rings (SSSR count). The minimum absolute atomic E-state index is 0.0575. The van der Waals surface area contributed by atoms with Gasteiger partial charge in [-0.05, 0) is 38.5 Å². The molecule has 156 valence electrons. The predicted octanol–water partition coefficient (Wildman–Crippen LogP) is 3.57. The third-order valence-electron chi connectivity index (χ3n) is 4.44. The van der Waals surface area contributed by atoms with Gasteiger partial charge in [0.25, 0.3) is 11.6 Å². The summed E-state index contributed by atoms with van der Waals surface area (Å²) in [5, 5.41) is 14.2. The smallest absolute Gasteiger partial charge is 0.286 e. The van der Waals surface area contributed by atoms with E-state index < -0.39 is 10.8 Å². The van der Waals surface area contributed by atoms with E-state index in [0.717, 1.165) is 17.8 Å². The van der Waals surface area contributed by atoms with Crippen LogP contribution < -0.4 is 19.7 Å². The van der Waals surface area contributed by atoms with Gasteiger partial charge in [0.1, 0.15) is 5.56 Å². The van der Waals surface area contributed by atoms with Crippen molar-refractivity contribution in [3.8, 4) is 11.5 Å². The molecule has 2 aromatic rings. The van der Waals surface area contributed by atoms with Gasteiger partial charge in [0, 0.05) is 31.4 Å². The maximum absolute atomic E-state index is 12.7. The van der Waals surface area contributed by atoms with Crippen LogP contribution >= 0.6 is 0 Å². The lowest BCUT2D eigenvalue weighted by Crippen LogP contribution is -2.35. The van der Waals surface area contributed by atoms with E-state index in [9.17, 15) is 14.9 Å². The second kappa shape index (κ2) is 10.3. The van der Waals surface area contributed by atoms with E-state index in [4.69, 9.17) is 9.47 Å². The zero-order valence-corrected chi connectivity index (χ0v) is 17.2. The summed E-state index contributed by atoms with van der Waals surface area (Å²) in [4.78, 5) is 25.6. The van der Waals surface area contributed by atoms with Crippen LogP contribution in [0, 0.1) is 17.0 Å². The van der Waals surface area contributed by atoms with Gasteiger partial charge in [0.05, 0.1) is 24.7 Å². The summed E-state index contributed by atoms with van der Waals surface area (Å²) in [6.45, 7) is 7.88. The van der Waals surface area contributed by atoms with Crippen molar-refractivity contribution in [1.29, 1.82) is 0 Å². The molecule has 0 aliphatic heterocycles. The minimum atomic E-state index is -0.599. The normalized spacial score (nSPS) is 10.3. The highest BCUT2D eigenvalue weighted by molar-refractivity contribution is 5.99. The molecule has 8 heteroatoms. The van der Waals surface area contributed by atoms with E-state index in [0.29, 0.717) is 25.4 Å². The van der Waals surface area contributed by atoms with Crippen molar-refractivity contribution in [2.24, 2.45) is 0 Å². The van der Waals surface area contributed by atoms with Gasteiger partial charge >= 0.3 is 0 Å². The van der Waals surface area contributed by atoms with Crippen molar-refractivity contribution >= 4 is 17.3 Å². The Balaban J connectivity index is 2.15. The minimum Gasteiger partial charge on any atom is -0.493 e. The number of nitrogens with one attached hydrogen (secondary N) is 1. The Bertz CT molecular complexity index is 869. The molecule has 2 aromatic carbocycles. The van der Waals surface area contributed by atoms with Crippen LogP contribution in [0.1, 0.15) is 29.8 Å². The topological polar surface area (TPSA) is 93.9 Å². The number of hydrogen-bond acceptors (Lipinski definition) is 6. The first kappa shape index (κ1) is 22.0. The molecule has 0 aliphatic rings. The summed E-state index contributed by atoms with van der Waals surface area (Å²) in [6, 6.07) is 10.7. The Morgan fingerprint density at radius 2 is 1.97 bits per heavy atom. The number of ether oxygens (including phenoxy) is 2. The quantitative estimate of drug-likeness (QED) is 0.483. The van der Waals surface area contributed by atoms with Crippen LogP contribution in [0.2, 0.25) is 0 Å². The number of nitrogens with zero attached hydrogens (tertiary/aromatic N) is 2. The van der Waals surface area contributed by atoms with Crippen LogP contribution in [0.3, 0.4) is 0 Å². The van der Waals surface area contributed by atoms with Crippen molar-refractivity contribution in [2.75, 3.05) is 38.3 Å². The maximum atomic E-state index is 12.7. The van der Waals surface area contributed by atoms with Crippen LogP contribution in [-0.4, -0.2) is 44.2 Å². The summed E-state index contributed by atoms with van der Waals surface area (Å²) in [6.07, 6.45) is 0. The highest BCUT2D eigenvalue weighted by Crippen LogP contribution is 2.34. The summed E-state index contributed by atoms with van der Waals surface area (Å²) in [7, 11) is 1.39. The standard InChI is InChI=1S/C21H27N3O5/c1-5-23(16-9-7-8-15(3)12-16)11-10-22-21(25)17-13-20(29-6-2)19(28-4)14-18(17)24(26)27/h7-9,12-14H,5-6,10-11H2,1-4H3,(H,22,25). The lowest BCUT2D eigenvalue weighted by Gasteiger charge is -2.23. The van der Waals surface area contributed by atoms with E-state index in [-0.39, 0.29) is 17.0 Å². The maximum Gasteiger partial charge on any atom is 0.286 e. The number of anilines is 1. The number of aryl methyl sites for hydroxylation is 1. The van der Waals surface area contributed by atoms with E-state index in [1.54, 1.807) is 6.92 Å². The van der Waals surface area contributed by atoms with Crippen molar-refractivity contribution in [3.05, 3.63) is 57.6 Å². The van der Waals surface area contributed by atoms with Crippen LogP contribution in [0.4, 0.5) is 11.4 Å². The van der Waals surface area contributed by atoms with Crippen molar-refractivity contribution in [1.82, 2.24) is 5.32 Å². The van der Waals surface area contributed by atoms with Crippen LogP contribution in [0.15, 0.2) is 36.4 Å². The van der Waals surface area contributed by atoms with Crippen LogP contribution in [0.5, 0.6) is 11.5 Å². The van der Waals surface area contributed by atoms with Gasteiger partial charge in [-0.1, -0.05) is 12.1 Å². The highest BCUT2D eigenvalue weighted by atomic mass is 16.6. The van der Waals surface area contributed by atoms with Gasteiger partial charge < -0.3 is 19.7 Å². The fourth-order valence-electron chi connectivity index (χ4n) is 3.00. The molecule has 0 fully saturated rings. The molecule has 0 radical (unpaired) electrons. The summed E-state index contributed by atoms with van der Waals surface area (Å²) in [5.74, 6) is -0.0204. The van der Waals surface area contributed by atoms with Gasteiger partial charge in [0.15, 0.2) is 11.5 Å². The average Bonchev–Trinajstić information content (AvgIpc) is 2.70. The van der Waals surface area contributed by atoms with Crippen LogP contribution in [-0.2, 0) is 0 Å². The number of carbonyl (C=O) groups excluding carboxylic acids is 1. The number of rotatable bonds is 10. The zero-order valence-electron chi connectivity index (χ0n) is 17.2. The van der Waals surface area contributed by atoms with E-state index in [2.05, 4.69) is 16.3 Å². The molecule has 0 bridgehead atoms. The fourth-order valence-corrected chi connectivity index (χ4v) is 3.00.